The first-order valence-corrected chi connectivity index (χ1v) is 5.75. The van der Waals surface area contributed by atoms with Crippen molar-refractivity contribution in [3.63, 3.8) is 0 Å². The maximum atomic E-state index is 4.03. The molecule has 2 rings (SSSR count). The molecule has 0 unspecified atom stereocenters. The van der Waals surface area contributed by atoms with E-state index in [-0.39, 0.29) is 5.41 Å². The summed E-state index contributed by atoms with van der Waals surface area (Å²) in [6, 6.07) is 4.33. The lowest BCUT2D eigenvalue weighted by atomic mass is 9.95. The van der Waals surface area contributed by atoms with Gasteiger partial charge in [-0.2, -0.15) is 0 Å². The summed E-state index contributed by atoms with van der Waals surface area (Å²) >= 11 is 1.81. The first-order valence-electron chi connectivity index (χ1n) is 4.93. The van der Waals surface area contributed by atoms with Crippen LogP contribution in [0.2, 0.25) is 0 Å². The second kappa shape index (κ2) is 3.74. The van der Waals surface area contributed by atoms with Gasteiger partial charge in [0, 0.05) is 27.7 Å². The lowest BCUT2D eigenvalue weighted by Crippen LogP contribution is -2.07. The van der Waals surface area contributed by atoms with Crippen LogP contribution in [0.5, 0.6) is 0 Å². The first-order chi connectivity index (χ1) is 7.07. The Labute approximate surface area is 94.0 Å². The third-order valence-electron chi connectivity index (χ3n) is 2.19. The highest BCUT2D eigenvalue weighted by atomic mass is 32.1. The number of thiophene rings is 1. The van der Waals surface area contributed by atoms with Gasteiger partial charge in [-0.25, -0.2) is 9.97 Å². The van der Waals surface area contributed by atoms with Crippen molar-refractivity contribution in [1.82, 2.24) is 9.97 Å². The van der Waals surface area contributed by atoms with E-state index in [1.54, 1.807) is 6.33 Å². The van der Waals surface area contributed by atoms with Crippen LogP contribution >= 0.6 is 11.3 Å². The highest BCUT2D eigenvalue weighted by Crippen LogP contribution is 2.34. The van der Waals surface area contributed by atoms with Crippen molar-refractivity contribution in [3.05, 3.63) is 35.7 Å². The molecule has 0 aromatic carbocycles. The van der Waals surface area contributed by atoms with Gasteiger partial charge in [-0.15, -0.1) is 11.3 Å². The molecule has 3 heteroatoms. The average Bonchev–Trinajstić information content (AvgIpc) is 2.67. The molecule has 0 aliphatic carbocycles. The van der Waals surface area contributed by atoms with Gasteiger partial charge in [0.1, 0.15) is 6.33 Å². The summed E-state index contributed by atoms with van der Waals surface area (Å²) in [6.45, 7) is 6.68. The fraction of sp³-hybridized carbons (Fsp3) is 0.333. The molecule has 0 aliphatic rings. The van der Waals surface area contributed by atoms with Crippen molar-refractivity contribution >= 4 is 11.3 Å². The monoisotopic (exact) mass is 218 g/mol. The van der Waals surface area contributed by atoms with E-state index in [1.807, 2.05) is 23.7 Å². The molecule has 0 amide bonds. The van der Waals surface area contributed by atoms with Gasteiger partial charge >= 0.3 is 0 Å². The largest absolute Gasteiger partial charge is 0.244 e. The molecule has 0 radical (unpaired) electrons. The zero-order valence-corrected chi connectivity index (χ0v) is 10.0. The summed E-state index contributed by atoms with van der Waals surface area (Å²) in [5.41, 5.74) is 1.32. The Morgan fingerprint density at radius 1 is 1.07 bits per heavy atom. The van der Waals surface area contributed by atoms with Crippen molar-refractivity contribution in [1.29, 1.82) is 0 Å². The van der Waals surface area contributed by atoms with E-state index in [4.69, 9.17) is 0 Å². The molecule has 2 aromatic heterocycles. The lowest BCUT2D eigenvalue weighted by molar-refractivity contribution is 0.604. The Morgan fingerprint density at radius 3 is 2.27 bits per heavy atom. The maximum Gasteiger partial charge on any atom is 0.115 e. The van der Waals surface area contributed by atoms with Crippen molar-refractivity contribution in [3.8, 4) is 10.4 Å². The smallest absolute Gasteiger partial charge is 0.115 e. The number of hydrogen-bond acceptors (Lipinski definition) is 3. The second-order valence-corrected chi connectivity index (χ2v) is 5.62. The molecule has 15 heavy (non-hydrogen) atoms. The maximum absolute atomic E-state index is 4.03. The molecule has 0 fully saturated rings. The van der Waals surface area contributed by atoms with Crippen LogP contribution in [0.4, 0.5) is 0 Å². The van der Waals surface area contributed by atoms with Crippen molar-refractivity contribution < 1.29 is 0 Å². The summed E-state index contributed by atoms with van der Waals surface area (Å²) < 4.78 is 0. The fourth-order valence-corrected chi connectivity index (χ4v) is 2.36. The number of aromatic nitrogens is 2. The standard InChI is InChI=1S/C12H14N2S/c1-12(2,3)11-5-4-10(15-11)9-6-13-8-14-7-9/h4-8H,1-3H3. The summed E-state index contributed by atoms with van der Waals surface area (Å²) in [5, 5.41) is 0. The minimum absolute atomic E-state index is 0.221. The Kier molecular flexibility index (Phi) is 2.57. The molecule has 0 saturated heterocycles. The van der Waals surface area contributed by atoms with Crippen molar-refractivity contribution in [2.75, 3.05) is 0 Å². The Hall–Kier alpha value is -1.22. The second-order valence-electron chi connectivity index (χ2n) is 4.54. The topological polar surface area (TPSA) is 25.8 Å². The van der Waals surface area contributed by atoms with Gasteiger partial charge in [0.25, 0.3) is 0 Å². The van der Waals surface area contributed by atoms with Gasteiger partial charge in [-0.1, -0.05) is 20.8 Å². The van der Waals surface area contributed by atoms with Gasteiger partial charge in [-0.3, -0.25) is 0 Å². The van der Waals surface area contributed by atoms with Gasteiger partial charge in [-0.05, 0) is 17.5 Å². The molecule has 0 bridgehead atoms. The predicted octanol–water partition coefficient (Wildman–Crippen LogP) is 3.50. The van der Waals surface area contributed by atoms with E-state index >= 15 is 0 Å². The minimum Gasteiger partial charge on any atom is -0.244 e. The molecule has 78 valence electrons. The van der Waals surface area contributed by atoms with Crippen LogP contribution in [-0.2, 0) is 5.41 Å². The molecular formula is C12H14N2S. The third-order valence-corrected chi connectivity index (χ3v) is 3.75. The van der Waals surface area contributed by atoms with E-state index < -0.39 is 0 Å². The van der Waals surface area contributed by atoms with E-state index in [0.717, 1.165) is 5.56 Å². The molecule has 0 spiro atoms. The van der Waals surface area contributed by atoms with Crippen LogP contribution in [0.3, 0.4) is 0 Å². The third kappa shape index (κ3) is 2.23. The molecule has 0 aliphatic heterocycles. The Morgan fingerprint density at radius 2 is 1.73 bits per heavy atom. The fourth-order valence-electron chi connectivity index (χ4n) is 1.32. The van der Waals surface area contributed by atoms with Crippen molar-refractivity contribution in [2.24, 2.45) is 0 Å². The molecular weight excluding hydrogens is 204 g/mol. The Balaban J connectivity index is 2.37. The van der Waals surface area contributed by atoms with Gasteiger partial charge in [0.2, 0.25) is 0 Å². The predicted molar refractivity (Wildman–Crippen MR) is 64.0 cm³/mol. The van der Waals surface area contributed by atoms with Gasteiger partial charge in [0.15, 0.2) is 0 Å². The summed E-state index contributed by atoms with van der Waals surface area (Å²) in [7, 11) is 0. The van der Waals surface area contributed by atoms with E-state index in [9.17, 15) is 0 Å². The van der Waals surface area contributed by atoms with Crippen LogP contribution < -0.4 is 0 Å². The Bertz CT molecular complexity index is 440. The molecule has 0 saturated carbocycles. The number of nitrogens with zero attached hydrogens (tertiary/aromatic N) is 2. The van der Waals surface area contributed by atoms with E-state index in [1.165, 1.54) is 9.75 Å². The number of hydrogen-bond donors (Lipinski definition) is 0. The molecule has 2 nitrogen and oxygen atoms in total. The zero-order chi connectivity index (χ0) is 10.9. The van der Waals surface area contributed by atoms with Crippen molar-refractivity contribution in [2.45, 2.75) is 26.2 Å². The quantitative estimate of drug-likeness (QED) is 0.732. The first kappa shape index (κ1) is 10.3. The van der Waals surface area contributed by atoms with Crippen LogP contribution in [0.15, 0.2) is 30.9 Å². The normalized spacial score (nSPS) is 11.7. The van der Waals surface area contributed by atoms with Crippen LogP contribution in [0.1, 0.15) is 25.6 Å². The summed E-state index contributed by atoms with van der Waals surface area (Å²) in [5.74, 6) is 0. The van der Waals surface area contributed by atoms with E-state index in [2.05, 4.69) is 42.9 Å². The molecule has 0 N–H and O–H groups in total. The summed E-state index contributed by atoms with van der Waals surface area (Å²) in [6.07, 6.45) is 5.26. The minimum atomic E-state index is 0.221. The highest BCUT2D eigenvalue weighted by molar-refractivity contribution is 7.15. The molecule has 0 atom stereocenters. The zero-order valence-electron chi connectivity index (χ0n) is 9.19. The lowest BCUT2D eigenvalue weighted by Gasteiger charge is -2.15. The van der Waals surface area contributed by atoms with Crippen LogP contribution in [0.25, 0.3) is 10.4 Å². The molecule has 2 aromatic rings. The molecule has 2 heterocycles. The van der Waals surface area contributed by atoms with E-state index in [0.29, 0.717) is 0 Å². The van der Waals surface area contributed by atoms with Crippen LogP contribution in [0, 0.1) is 0 Å². The van der Waals surface area contributed by atoms with Gasteiger partial charge in [0.05, 0.1) is 0 Å². The number of rotatable bonds is 1. The van der Waals surface area contributed by atoms with Gasteiger partial charge < -0.3 is 0 Å². The highest BCUT2D eigenvalue weighted by Gasteiger charge is 2.16. The average molecular weight is 218 g/mol. The SMILES string of the molecule is CC(C)(C)c1ccc(-c2cncnc2)s1. The van der Waals surface area contributed by atoms with Crippen LogP contribution in [-0.4, -0.2) is 9.97 Å². The summed E-state index contributed by atoms with van der Waals surface area (Å²) in [4.78, 5) is 10.7.